The van der Waals surface area contributed by atoms with E-state index in [2.05, 4.69) is 15.3 Å². The standard InChI is InChI=1S/C20H28N6O5/c1-20(2,3)31-19(30)25-10-8-24(9-11-25)15-13-21-14(12-22-15)23-16(27)6-7-26-17(28)4-5-18(26)29/h12-13H,4-11H2,1-3H3,(H,21,23,27). The number of imide groups is 1. The zero-order valence-electron chi connectivity index (χ0n) is 18.1. The van der Waals surface area contributed by atoms with Crippen LogP contribution in [0.2, 0.25) is 0 Å². The summed E-state index contributed by atoms with van der Waals surface area (Å²) in [5, 5.41) is 2.62. The first-order chi connectivity index (χ1) is 14.6. The second-order valence-corrected chi connectivity index (χ2v) is 8.45. The van der Waals surface area contributed by atoms with Crippen molar-refractivity contribution in [2.75, 3.05) is 42.9 Å². The van der Waals surface area contributed by atoms with Crippen LogP contribution in [-0.2, 0) is 19.1 Å². The molecule has 2 aliphatic rings. The number of hydrogen-bond donors (Lipinski definition) is 1. The van der Waals surface area contributed by atoms with Crippen LogP contribution in [-0.4, -0.2) is 81.9 Å². The number of nitrogens with one attached hydrogen (secondary N) is 1. The van der Waals surface area contributed by atoms with E-state index in [1.54, 1.807) is 11.1 Å². The predicted octanol–water partition coefficient (Wildman–Crippen LogP) is 1.01. The second-order valence-electron chi connectivity index (χ2n) is 8.45. The fourth-order valence-electron chi connectivity index (χ4n) is 3.28. The third kappa shape index (κ3) is 6.12. The summed E-state index contributed by atoms with van der Waals surface area (Å²) in [7, 11) is 0. The van der Waals surface area contributed by atoms with Crippen LogP contribution in [0, 0.1) is 0 Å². The van der Waals surface area contributed by atoms with E-state index in [1.807, 2.05) is 25.7 Å². The molecule has 2 fully saturated rings. The molecule has 4 amide bonds. The molecule has 168 valence electrons. The van der Waals surface area contributed by atoms with Crippen LogP contribution in [0.25, 0.3) is 0 Å². The van der Waals surface area contributed by atoms with E-state index in [1.165, 1.54) is 6.20 Å². The molecular formula is C20H28N6O5. The highest BCUT2D eigenvalue weighted by Gasteiger charge is 2.29. The number of likely N-dealkylation sites (tertiary alicyclic amines) is 1. The van der Waals surface area contributed by atoms with Crippen LogP contribution in [0.3, 0.4) is 0 Å². The molecule has 0 spiro atoms. The molecule has 31 heavy (non-hydrogen) atoms. The molecule has 0 bridgehead atoms. The van der Waals surface area contributed by atoms with Crippen molar-refractivity contribution >= 4 is 35.5 Å². The topological polar surface area (TPSA) is 125 Å². The zero-order chi connectivity index (χ0) is 22.6. The number of ether oxygens (including phenoxy) is 1. The van der Waals surface area contributed by atoms with Gasteiger partial charge in [0.15, 0.2) is 5.82 Å². The largest absolute Gasteiger partial charge is 0.444 e. The number of rotatable bonds is 5. The van der Waals surface area contributed by atoms with Crippen LogP contribution in [0.15, 0.2) is 12.4 Å². The van der Waals surface area contributed by atoms with Crippen molar-refractivity contribution in [1.29, 1.82) is 0 Å². The van der Waals surface area contributed by atoms with E-state index in [0.29, 0.717) is 37.8 Å². The minimum absolute atomic E-state index is 0.00748. The molecule has 11 heteroatoms. The smallest absolute Gasteiger partial charge is 0.410 e. The number of carbonyl (C=O) groups is 4. The summed E-state index contributed by atoms with van der Waals surface area (Å²) in [6.07, 6.45) is 3.12. The summed E-state index contributed by atoms with van der Waals surface area (Å²) in [6, 6.07) is 0. The van der Waals surface area contributed by atoms with Gasteiger partial charge in [-0.05, 0) is 20.8 Å². The van der Waals surface area contributed by atoms with Gasteiger partial charge in [-0.3, -0.25) is 19.3 Å². The van der Waals surface area contributed by atoms with Gasteiger partial charge in [0.1, 0.15) is 11.4 Å². The van der Waals surface area contributed by atoms with Crippen molar-refractivity contribution in [3.63, 3.8) is 0 Å². The quantitative estimate of drug-likeness (QED) is 0.684. The monoisotopic (exact) mass is 432 g/mol. The maximum Gasteiger partial charge on any atom is 0.410 e. The lowest BCUT2D eigenvalue weighted by molar-refractivity contribution is -0.138. The maximum atomic E-state index is 12.2. The SMILES string of the molecule is CC(C)(C)OC(=O)N1CCN(c2cnc(NC(=O)CCN3C(=O)CCC3=O)cn2)CC1. The highest BCUT2D eigenvalue weighted by atomic mass is 16.6. The minimum Gasteiger partial charge on any atom is -0.444 e. The molecule has 3 rings (SSSR count). The summed E-state index contributed by atoms with van der Waals surface area (Å²) < 4.78 is 5.39. The van der Waals surface area contributed by atoms with Crippen molar-refractivity contribution in [3.05, 3.63) is 12.4 Å². The van der Waals surface area contributed by atoms with E-state index in [9.17, 15) is 19.2 Å². The average molecular weight is 432 g/mol. The molecular weight excluding hydrogens is 404 g/mol. The number of hydrogen-bond acceptors (Lipinski definition) is 8. The molecule has 0 unspecified atom stereocenters. The Morgan fingerprint density at radius 2 is 1.68 bits per heavy atom. The Bertz CT molecular complexity index is 827. The number of nitrogens with zero attached hydrogens (tertiary/aromatic N) is 5. The van der Waals surface area contributed by atoms with Gasteiger partial charge >= 0.3 is 6.09 Å². The molecule has 11 nitrogen and oxygen atoms in total. The van der Waals surface area contributed by atoms with E-state index in [4.69, 9.17) is 4.74 Å². The molecule has 0 atom stereocenters. The van der Waals surface area contributed by atoms with Gasteiger partial charge in [0.2, 0.25) is 17.7 Å². The summed E-state index contributed by atoms with van der Waals surface area (Å²) in [5.41, 5.74) is -0.528. The Hall–Kier alpha value is -3.24. The number of carbonyl (C=O) groups excluding carboxylic acids is 4. The molecule has 1 N–H and O–H groups in total. The lowest BCUT2D eigenvalue weighted by atomic mass is 10.2. The number of amides is 4. The lowest BCUT2D eigenvalue weighted by Crippen LogP contribution is -2.50. The molecule has 2 saturated heterocycles. The summed E-state index contributed by atoms with van der Waals surface area (Å²) in [5.74, 6) is 0.109. The van der Waals surface area contributed by atoms with Crippen molar-refractivity contribution in [2.45, 2.75) is 45.6 Å². The van der Waals surface area contributed by atoms with Crippen LogP contribution in [0.5, 0.6) is 0 Å². The van der Waals surface area contributed by atoms with Crippen molar-refractivity contribution in [1.82, 2.24) is 19.8 Å². The highest BCUT2D eigenvalue weighted by molar-refractivity contribution is 6.02. The van der Waals surface area contributed by atoms with Gasteiger partial charge < -0.3 is 19.9 Å². The molecule has 3 heterocycles. The van der Waals surface area contributed by atoms with E-state index in [-0.39, 0.29) is 49.6 Å². The van der Waals surface area contributed by atoms with Gasteiger partial charge in [-0.2, -0.15) is 0 Å². The summed E-state index contributed by atoms with van der Waals surface area (Å²) in [4.78, 5) is 60.7. The van der Waals surface area contributed by atoms with Crippen molar-refractivity contribution in [3.8, 4) is 0 Å². The number of aromatic nitrogens is 2. The normalized spacial score (nSPS) is 17.2. The van der Waals surface area contributed by atoms with Crippen molar-refractivity contribution in [2.24, 2.45) is 0 Å². The number of piperazine rings is 1. The first-order valence-corrected chi connectivity index (χ1v) is 10.3. The van der Waals surface area contributed by atoms with Gasteiger partial charge in [0, 0.05) is 52.0 Å². The van der Waals surface area contributed by atoms with Gasteiger partial charge in [0.25, 0.3) is 0 Å². The Labute approximate surface area is 180 Å². The molecule has 0 saturated carbocycles. The van der Waals surface area contributed by atoms with Crippen LogP contribution in [0.4, 0.5) is 16.4 Å². The summed E-state index contributed by atoms with van der Waals surface area (Å²) >= 11 is 0. The van der Waals surface area contributed by atoms with Crippen LogP contribution < -0.4 is 10.2 Å². The lowest BCUT2D eigenvalue weighted by Gasteiger charge is -2.36. The third-order valence-electron chi connectivity index (χ3n) is 4.88. The van der Waals surface area contributed by atoms with Crippen LogP contribution >= 0.6 is 0 Å². The Morgan fingerprint density at radius 3 is 2.23 bits per heavy atom. The van der Waals surface area contributed by atoms with Gasteiger partial charge in [-0.25, -0.2) is 14.8 Å². The minimum atomic E-state index is -0.528. The average Bonchev–Trinajstić information content (AvgIpc) is 3.03. The molecule has 0 radical (unpaired) electrons. The van der Waals surface area contributed by atoms with E-state index >= 15 is 0 Å². The Balaban J connectivity index is 1.45. The molecule has 0 aromatic carbocycles. The third-order valence-corrected chi connectivity index (χ3v) is 4.88. The Morgan fingerprint density at radius 1 is 1.03 bits per heavy atom. The molecule has 2 aliphatic heterocycles. The number of anilines is 2. The predicted molar refractivity (Wildman–Crippen MR) is 111 cm³/mol. The van der Waals surface area contributed by atoms with Crippen molar-refractivity contribution < 1.29 is 23.9 Å². The summed E-state index contributed by atoms with van der Waals surface area (Å²) in [6.45, 7) is 7.80. The van der Waals surface area contributed by atoms with E-state index < -0.39 is 5.60 Å². The fourth-order valence-corrected chi connectivity index (χ4v) is 3.28. The zero-order valence-corrected chi connectivity index (χ0v) is 18.1. The highest BCUT2D eigenvalue weighted by Crippen LogP contribution is 2.17. The molecule has 0 aliphatic carbocycles. The Kier molecular flexibility index (Phi) is 6.71. The van der Waals surface area contributed by atoms with Gasteiger partial charge in [-0.15, -0.1) is 0 Å². The molecule has 1 aromatic rings. The van der Waals surface area contributed by atoms with E-state index in [0.717, 1.165) is 4.90 Å². The van der Waals surface area contributed by atoms with Crippen LogP contribution in [0.1, 0.15) is 40.0 Å². The second kappa shape index (κ2) is 9.27. The van der Waals surface area contributed by atoms with Gasteiger partial charge in [0.05, 0.1) is 12.4 Å². The maximum absolute atomic E-state index is 12.2. The molecule has 1 aromatic heterocycles. The first kappa shape index (κ1) is 22.4. The first-order valence-electron chi connectivity index (χ1n) is 10.3. The van der Waals surface area contributed by atoms with Gasteiger partial charge in [-0.1, -0.05) is 0 Å². The fraction of sp³-hybridized carbons (Fsp3) is 0.600.